The maximum Gasteiger partial charge on any atom is 0.322 e. The van der Waals surface area contributed by atoms with Crippen molar-refractivity contribution in [1.29, 1.82) is 0 Å². The highest BCUT2D eigenvalue weighted by molar-refractivity contribution is 5.95. The molecule has 0 radical (unpaired) electrons. The summed E-state index contributed by atoms with van der Waals surface area (Å²) in [5, 5.41) is 3.33. The van der Waals surface area contributed by atoms with Crippen LogP contribution in [0.15, 0.2) is 54.6 Å². The average molecular weight is 364 g/mol. The molecular weight excluding hydrogens is 334 g/mol. The lowest BCUT2D eigenvalue weighted by Crippen LogP contribution is -2.54. The number of carbonyl (C=O) groups excluding carboxylic acids is 1. The third-order valence-electron chi connectivity index (χ3n) is 6.63. The van der Waals surface area contributed by atoms with Gasteiger partial charge in [0, 0.05) is 11.2 Å². The predicted molar refractivity (Wildman–Crippen MR) is 110 cm³/mol. The highest BCUT2D eigenvalue weighted by atomic mass is 16.2. The Morgan fingerprint density at radius 1 is 0.926 bits per heavy atom. The summed E-state index contributed by atoms with van der Waals surface area (Å²) in [6.45, 7) is 2.83. The van der Waals surface area contributed by atoms with E-state index in [1.807, 2.05) is 17.0 Å². The summed E-state index contributed by atoms with van der Waals surface area (Å²) < 4.78 is 0. The molecule has 4 rings (SSSR count). The first kappa shape index (κ1) is 18.1. The summed E-state index contributed by atoms with van der Waals surface area (Å²) in [5.41, 5.74) is 3.52. The molecule has 1 N–H and O–H groups in total. The van der Waals surface area contributed by atoms with Crippen molar-refractivity contribution in [2.45, 2.75) is 43.7 Å². The van der Waals surface area contributed by atoms with E-state index < -0.39 is 0 Å². The zero-order valence-corrected chi connectivity index (χ0v) is 16.5. The molecule has 1 spiro atoms. The predicted octanol–water partition coefficient (Wildman–Crippen LogP) is 4.29. The summed E-state index contributed by atoms with van der Waals surface area (Å²) in [6.07, 6.45) is 4.08. The molecule has 4 heteroatoms. The van der Waals surface area contributed by atoms with Crippen LogP contribution in [0.5, 0.6) is 0 Å². The molecule has 0 unspecified atom stereocenters. The van der Waals surface area contributed by atoms with Crippen molar-refractivity contribution in [3.63, 3.8) is 0 Å². The van der Waals surface area contributed by atoms with Crippen molar-refractivity contribution in [1.82, 2.24) is 10.2 Å². The molecule has 1 aliphatic carbocycles. The van der Waals surface area contributed by atoms with E-state index in [9.17, 15) is 4.79 Å². The number of hydrogen-bond donors (Lipinski definition) is 1. The maximum absolute atomic E-state index is 12.7. The zero-order chi connectivity index (χ0) is 19.1. The van der Waals surface area contributed by atoms with Gasteiger partial charge in [-0.25, -0.2) is 4.79 Å². The van der Waals surface area contributed by atoms with Crippen LogP contribution in [0.1, 0.15) is 36.8 Å². The Bertz CT molecular complexity index is 805. The fourth-order valence-corrected chi connectivity index (χ4v) is 4.81. The number of amides is 2. The van der Waals surface area contributed by atoms with Gasteiger partial charge in [-0.1, -0.05) is 48.0 Å². The zero-order valence-electron chi connectivity index (χ0n) is 16.5. The van der Waals surface area contributed by atoms with Gasteiger partial charge in [0.2, 0.25) is 0 Å². The molecule has 0 atom stereocenters. The third kappa shape index (κ3) is 3.12. The number of nitrogens with zero attached hydrogens (tertiary/aromatic N) is 2. The molecule has 2 aromatic rings. The summed E-state index contributed by atoms with van der Waals surface area (Å²) >= 11 is 0. The summed E-state index contributed by atoms with van der Waals surface area (Å²) in [5.74, 6) is 0. The second kappa shape index (κ2) is 6.68. The molecule has 1 saturated heterocycles. The Morgan fingerprint density at radius 2 is 1.56 bits per heavy atom. The van der Waals surface area contributed by atoms with E-state index in [0.717, 1.165) is 37.9 Å². The van der Waals surface area contributed by atoms with Crippen molar-refractivity contribution in [3.05, 3.63) is 65.7 Å². The van der Waals surface area contributed by atoms with Crippen LogP contribution in [0.3, 0.4) is 0 Å². The van der Waals surface area contributed by atoms with Crippen LogP contribution in [0.4, 0.5) is 10.5 Å². The number of urea groups is 1. The van der Waals surface area contributed by atoms with Crippen LogP contribution in [-0.2, 0) is 5.54 Å². The lowest BCUT2D eigenvalue weighted by Gasteiger charge is -2.48. The van der Waals surface area contributed by atoms with E-state index in [1.165, 1.54) is 11.1 Å². The van der Waals surface area contributed by atoms with E-state index in [4.69, 9.17) is 0 Å². The fraction of sp³-hybridized carbons (Fsp3) is 0.435. The molecular formula is C23H29N3O. The van der Waals surface area contributed by atoms with E-state index in [2.05, 4.69) is 73.7 Å². The number of anilines is 1. The van der Waals surface area contributed by atoms with Crippen molar-refractivity contribution >= 4 is 11.7 Å². The average Bonchev–Trinajstić information content (AvgIpc) is 3.00. The number of aryl methyl sites for hydroxylation is 1. The molecule has 1 saturated carbocycles. The van der Waals surface area contributed by atoms with Gasteiger partial charge in [-0.05, 0) is 64.4 Å². The minimum atomic E-state index is -0.115. The van der Waals surface area contributed by atoms with Gasteiger partial charge in [-0.2, -0.15) is 0 Å². The van der Waals surface area contributed by atoms with Crippen molar-refractivity contribution < 1.29 is 4.79 Å². The van der Waals surface area contributed by atoms with Gasteiger partial charge in [0.15, 0.2) is 0 Å². The molecule has 1 aliphatic heterocycles. The highest BCUT2D eigenvalue weighted by Crippen LogP contribution is 2.46. The number of nitrogens with one attached hydrogen (secondary N) is 1. The monoisotopic (exact) mass is 363 g/mol. The number of carbonyl (C=O) groups is 1. The molecule has 27 heavy (non-hydrogen) atoms. The number of rotatable bonds is 3. The standard InChI is InChI=1S/C23H29N3O/c1-18-9-11-20(12-10-18)26-17-22(24-21(26)27)13-15-23(16-14-22,25(2)3)19-7-5-4-6-8-19/h4-12H,13-17H2,1-3H3,(H,24,27)/t22-,23+. The largest absolute Gasteiger partial charge is 0.330 e. The van der Waals surface area contributed by atoms with Gasteiger partial charge in [-0.3, -0.25) is 9.80 Å². The second-order valence-corrected chi connectivity index (χ2v) is 8.42. The van der Waals surface area contributed by atoms with E-state index in [1.54, 1.807) is 0 Å². The Morgan fingerprint density at radius 3 is 2.15 bits per heavy atom. The Kier molecular flexibility index (Phi) is 4.47. The summed E-state index contributed by atoms with van der Waals surface area (Å²) in [4.78, 5) is 17.0. The highest BCUT2D eigenvalue weighted by Gasteiger charge is 2.50. The first-order valence-corrected chi connectivity index (χ1v) is 9.84. The Labute approximate surface area is 162 Å². The quantitative estimate of drug-likeness (QED) is 0.883. The topological polar surface area (TPSA) is 35.6 Å². The van der Waals surface area contributed by atoms with Crippen LogP contribution in [0.2, 0.25) is 0 Å². The minimum Gasteiger partial charge on any atom is -0.330 e. The van der Waals surface area contributed by atoms with Crippen molar-refractivity contribution in [3.8, 4) is 0 Å². The fourth-order valence-electron chi connectivity index (χ4n) is 4.81. The molecule has 2 aromatic carbocycles. The minimum absolute atomic E-state index is 0.0379. The van der Waals surface area contributed by atoms with Gasteiger partial charge < -0.3 is 5.32 Å². The lowest BCUT2D eigenvalue weighted by molar-refractivity contribution is 0.0658. The molecule has 142 valence electrons. The first-order chi connectivity index (χ1) is 12.9. The first-order valence-electron chi connectivity index (χ1n) is 9.84. The molecule has 2 aliphatic rings. The van der Waals surface area contributed by atoms with Crippen molar-refractivity contribution in [2.75, 3.05) is 25.5 Å². The van der Waals surface area contributed by atoms with E-state index >= 15 is 0 Å². The summed E-state index contributed by atoms with van der Waals surface area (Å²) in [6, 6.07) is 19.1. The third-order valence-corrected chi connectivity index (χ3v) is 6.63. The van der Waals surface area contributed by atoms with E-state index in [-0.39, 0.29) is 17.1 Å². The van der Waals surface area contributed by atoms with Gasteiger partial charge in [0.25, 0.3) is 0 Å². The maximum atomic E-state index is 12.7. The van der Waals surface area contributed by atoms with Crippen LogP contribution in [0.25, 0.3) is 0 Å². The molecule has 2 amide bonds. The molecule has 0 bridgehead atoms. The number of benzene rings is 2. The molecule has 2 fully saturated rings. The second-order valence-electron chi connectivity index (χ2n) is 8.42. The normalized spacial score (nSPS) is 28.0. The molecule has 1 heterocycles. The lowest BCUT2D eigenvalue weighted by atomic mass is 9.69. The summed E-state index contributed by atoms with van der Waals surface area (Å²) in [7, 11) is 4.35. The Balaban J connectivity index is 1.54. The smallest absolute Gasteiger partial charge is 0.322 e. The van der Waals surface area contributed by atoms with Crippen LogP contribution in [-0.4, -0.2) is 37.1 Å². The van der Waals surface area contributed by atoms with Gasteiger partial charge in [0.05, 0.1) is 12.1 Å². The van der Waals surface area contributed by atoms with Gasteiger partial charge in [-0.15, -0.1) is 0 Å². The van der Waals surface area contributed by atoms with E-state index in [0.29, 0.717) is 0 Å². The Hall–Kier alpha value is -2.33. The van der Waals surface area contributed by atoms with Crippen molar-refractivity contribution in [2.24, 2.45) is 0 Å². The molecule has 4 nitrogen and oxygen atoms in total. The van der Waals surface area contributed by atoms with Crippen LogP contribution >= 0.6 is 0 Å². The SMILES string of the molecule is Cc1ccc(N2C[C@]3(CC[C@](c4ccccc4)(N(C)C)CC3)NC2=O)cc1. The molecule has 0 aromatic heterocycles. The van der Waals surface area contributed by atoms with Gasteiger partial charge >= 0.3 is 6.03 Å². The van der Waals surface area contributed by atoms with Crippen LogP contribution in [0, 0.1) is 6.92 Å². The van der Waals surface area contributed by atoms with Crippen LogP contribution < -0.4 is 10.2 Å². The van der Waals surface area contributed by atoms with Gasteiger partial charge in [0.1, 0.15) is 0 Å². The number of hydrogen-bond acceptors (Lipinski definition) is 2.